The van der Waals surface area contributed by atoms with Crippen molar-refractivity contribution in [2.45, 2.75) is 44.1 Å². The molecule has 1 aromatic rings. The van der Waals surface area contributed by atoms with Crippen LogP contribution >= 0.6 is 12.4 Å². The van der Waals surface area contributed by atoms with Gasteiger partial charge in [-0.25, -0.2) is 0 Å². The summed E-state index contributed by atoms with van der Waals surface area (Å²) in [5.41, 5.74) is 7.96. The maximum absolute atomic E-state index is 12.9. The molecule has 2 aliphatic rings. The van der Waals surface area contributed by atoms with E-state index < -0.39 is 5.41 Å². The van der Waals surface area contributed by atoms with Gasteiger partial charge in [0.15, 0.2) is 0 Å². The third-order valence-corrected chi connectivity index (χ3v) is 5.11. The van der Waals surface area contributed by atoms with Gasteiger partial charge >= 0.3 is 0 Å². The summed E-state index contributed by atoms with van der Waals surface area (Å²) in [6.45, 7) is 3.92. The zero-order chi connectivity index (χ0) is 15.6. The van der Waals surface area contributed by atoms with Crippen LogP contribution in [0.3, 0.4) is 0 Å². The quantitative estimate of drug-likeness (QED) is 0.866. The highest BCUT2D eigenvalue weighted by Gasteiger charge is 2.42. The van der Waals surface area contributed by atoms with Gasteiger partial charge in [-0.05, 0) is 44.1 Å². The molecule has 0 bridgehead atoms. The van der Waals surface area contributed by atoms with Crippen LogP contribution in [0.5, 0.6) is 0 Å². The summed E-state index contributed by atoms with van der Waals surface area (Å²) >= 11 is 0. The van der Waals surface area contributed by atoms with E-state index in [0.29, 0.717) is 25.7 Å². The van der Waals surface area contributed by atoms with Crippen LogP contribution in [0.15, 0.2) is 24.3 Å². The van der Waals surface area contributed by atoms with E-state index in [1.165, 1.54) is 18.4 Å². The molecule has 1 saturated carbocycles. The Morgan fingerprint density at radius 1 is 1.30 bits per heavy atom. The average molecular weight is 339 g/mol. The highest BCUT2D eigenvalue weighted by Crippen LogP contribution is 2.36. The van der Waals surface area contributed by atoms with Crippen molar-refractivity contribution in [2.24, 2.45) is 11.7 Å². The number of benzene rings is 1. The van der Waals surface area contributed by atoms with Crippen LogP contribution in [0.2, 0.25) is 0 Å². The van der Waals surface area contributed by atoms with Gasteiger partial charge in [0.2, 0.25) is 5.91 Å². The number of ether oxygens (including phenoxy) is 1. The van der Waals surface area contributed by atoms with E-state index >= 15 is 0 Å². The Kier molecular flexibility index (Phi) is 6.06. The number of rotatable bonds is 5. The van der Waals surface area contributed by atoms with Crippen molar-refractivity contribution in [2.75, 3.05) is 19.8 Å². The lowest BCUT2D eigenvalue weighted by Crippen LogP contribution is -2.50. The van der Waals surface area contributed by atoms with Crippen LogP contribution in [0.1, 0.15) is 36.8 Å². The predicted octanol–water partition coefficient (Wildman–Crippen LogP) is 2.32. The molecule has 1 amide bonds. The lowest BCUT2D eigenvalue weighted by molar-refractivity contribution is -0.130. The molecular weight excluding hydrogens is 312 g/mol. The number of aryl methyl sites for hydroxylation is 1. The summed E-state index contributed by atoms with van der Waals surface area (Å²) in [5, 5.41) is 3.11. The minimum absolute atomic E-state index is 0. The van der Waals surface area contributed by atoms with Gasteiger partial charge in [-0.2, -0.15) is 0 Å². The standard InChI is InChI=1S/C18H26N2O2.ClH/c1-13-2-6-15(7-3-13)18(8-10-22-11-9-18)17(21)20-12-16(19)14-4-5-14;/h2-3,6-7,14,16H,4-5,8-12,19H2,1H3,(H,20,21);1H. The van der Waals surface area contributed by atoms with Gasteiger partial charge in [0.05, 0.1) is 5.41 Å². The van der Waals surface area contributed by atoms with E-state index in [1.807, 2.05) is 0 Å². The molecule has 0 radical (unpaired) electrons. The Labute approximate surface area is 144 Å². The smallest absolute Gasteiger partial charge is 0.230 e. The third-order valence-electron chi connectivity index (χ3n) is 5.11. The lowest BCUT2D eigenvalue weighted by Gasteiger charge is -2.36. The zero-order valence-corrected chi connectivity index (χ0v) is 14.5. The maximum atomic E-state index is 12.9. The molecule has 1 aliphatic heterocycles. The molecule has 3 N–H and O–H groups in total. The number of amides is 1. The molecule has 23 heavy (non-hydrogen) atoms. The van der Waals surface area contributed by atoms with Crippen LogP contribution < -0.4 is 11.1 Å². The minimum atomic E-state index is -0.463. The first-order valence-corrected chi connectivity index (χ1v) is 8.30. The zero-order valence-electron chi connectivity index (χ0n) is 13.7. The second-order valence-electron chi connectivity index (χ2n) is 6.77. The monoisotopic (exact) mass is 338 g/mol. The number of hydrogen-bond acceptors (Lipinski definition) is 3. The van der Waals surface area contributed by atoms with Crippen LogP contribution in [-0.4, -0.2) is 31.7 Å². The number of nitrogens with two attached hydrogens (primary N) is 1. The number of carbonyl (C=O) groups is 1. The van der Waals surface area contributed by atoms with Crippen LogP contribution in [0.25, 0.3) is 0 Å². The Balaban J connectivity index is 0.00000192. The minimum Gasteiger partial charge on any atom is -0.381 e. The average Bonchev–Trinajstić information content (AvgIpc) is 3.38. The first-order chi connectivity index (χ1) is 10.6. The van der Waals surface area contributed by atoms with E-state index in [2.05, 4.69) is 36.5 Å². The summed E-state index contributed by atoms with van der Waals surface area (Å²) in [5.74, 6) is 0.709. The maximum Gasteiger partial charge on any atom is 0.230 e. The molecule has 3 rings (SSSR count). The summed E-state index contributed by atoms with van der Waals surface area (Å²) < 4.78 is 5.49. The van der Waals surface area contributed by atoms with Crippen molar-refractivity contribution >= 4 is 18.3 Å². The van der Waals surface area contributed by atoms with Gasteiger partial charge < -0.3 is 15.8 Å². The predicted molar refractivity (Wildman–Crippen MR) is 93.9 cm³/mol. The molecular formula is C18H27ClN2O2. The highest BCUT2D eigenvalue weighted by atomic mass is 35.5. The lowest BCUT2D eigenvalue weighted by atomic mass is 9.73. The Morgan fingerprint density at radius 3 is 2.48 bits per heavy atom. The molecule has 2 fully saturated rings. The van der Waals surface area contributed by atoms with Crippen LogP contribution in [0, 0.1) is 12.8 Å². The molecule has 128 valence electrons. The second kappa shape index (κ2) is 7.65. The normalized spacial score (nSPS) is 21.1. The molecule has 4 nitrogen and oxygen atoms in total. The van der Waals surface area contributed by atoms with Crippen LogP contribution in [-0.2, 0) is 14.9 Å². The van der Waals surface area contributed by atoms with Crippen LogP contribution in [0.4, 0.5) is 0 Å². The summed E-state index contributed by atoms with van der Waals surface area (Å²) in [6.07, 6.45) is 3.88. The van der Waals surface area contributed by atoms with Crippen molar-refractivity contribution in [3.8, 4) is 0 Å². The fourth-order valence-corrected chi connectivity index (χ4v) is 3.31. The third kappa shape index (κ3) is 4.06. The van der Waals surface area contributed by atoms with Gasteiger partial charge in [0.1, 0.15) is 0 Å². The van der Waals surface area contributed by atoms with Gasteiger partial charge in [0, 0.05) is 25.8 Å². The van der Waals surface area contributed by atoms with E-state index in [9.17, 15) is 4.79 Å². The van der Waals surface area contributed by atoms with E-state index in [4.69, 9.17) is 10.5 Å². The first kappa shape index (κ1) is 18.2. The topological polar surface area (TPSA) is 64.4 Å². The molecule has 1 atom stereocenters. The highest BCUT2D eigenvalue weighted by molar-refractivity contribution is 5.88. The number of halogens is 1. The largest absolute Gasteiger partial charge is 0.381 e. The molecule has 1 aliphatic carbocycles. The Bertz CT molecular complexity index is 522. The van der Waals surface area contributed by atoms with Gasteiger partial charge in [0.25, 0.3) is 0 Å². The fourth-order valence-electron chi connectivity index (χ4n) is 3.31. The van der Waals surface area contributed by atoms with Gasteiger partial charge in [-0.1, -0.05) is 29.8 Å². The Hall–Kier alpha value is -1.10. The van der Waals surface area contributed by atoms with Gasteiger partial charge in [-0.3, -0.25) is 4.79 Å². The number of carbonyl (C=O) groups excluding carboxylic acids is 1. The molecule has 5 heteroatoms. The van der Waals surface area contributed by atoms with Crippen molar-refractivity contribution in [3.63, 3.8) is 0 Å². The van der Waals surface area contributed by atoms with E-state index in [-0.39, 0.29) is 24.4 Å². The van der Waals surface area contributed by atoms with Crippen molar-refractivity contribution in [1.29, 1.82) is 0 Å². The first-order valence-electron chi connectivity index (χ1n) is 8.30. The molecule has 1 aromatic carbocycles. The number of nitrogens with one attached hydrogen (secondary N) is 1. The van der Waals surface area contributed by atoms with E-state index in [1.54, 1.807) is 0 Å². The van der Waals surface area contributed by atoms with E-state index in [0.717, 1.165) is 18.4 Å². The fraction of sp³-hybridized carbons (Fsp3) is 0.611. The van der Waals surface area contributed by atoms with Crippen molar-refractivity contribution in [1.82, 2.24) is 5.32 Å². The summed E-state index contributed by atoms with van der Waals surface area (Å²) in [6, 6.07) is 8.42. The van der Waals surface area contributed by atoms with Crippen molar-refractivity contribution < 1.29 is 9.53 Å². The molecule has 1 unspecified atom stereocenters. The summed E-state index contributed by atoms with van der Waals surface area (Å²) in [7, 11) is 0. The molecule has 1 saturated heterocycles. The second-order valence-corrected chi connectivity index (χ2v) is 6.77. The molecule has 0 aromatic heterocycles. The SMILES string of the molecule is Cc1ccc(C2(C(=O)NCC(N)C3CC3)CCOCC2)cc1.Cl. The molecule has 0 spiro atoms. The number of hydrogen-bond donors (Lipinski definition) is 2. The van der Waals surface area contributed by atoms with Gasteiger partial charge in [-0.15, -0.1) is 12.4 Å². The Morgan fingerprint density at radius 2 is 1.91 bits per heavy atom. The van der Waals surface area contributed by atoms with Crippen molar-refractivity contribution in [3.05, 3.63) is 35.4 Å². The summed E-state index contributed by atoms with van der Waals surface area (Å²) in [4.78, 5) is 12.9. The molecule has 1 heterocycles.